The lowest BCUT2D eigenvalue weighted by molar-refractivity contribution is -0.0342. The monoisotopic (exact) mass is 271 g/mol. The third-order valence-electron chi connectivity index (χ3n) is 3.50. The smallest absolute Gasteiger partial charge is 0.202 e. The average Bonchev–Trinajstić information content (AvgIpc) is 2.95. The molecule has 0 bridgehead atoms. The van der Waals surface area contributed by atoms with Gasteiger partial charge in [-0.2, -0.15) is 0 Å². The van der Waals surface area contributed by atoms with Crippen molar-refractivity contribution in [2.45, 2.75) is 25.0 Å². The Bertz CT molecular complexity index is 434. The minimum absolute atomic E-state index is 0.0762. The normalized spacial score (nSPS) is 29.2. The molecule has 3 rings (SSSR count). The van der Waals surface area contributed by atoms with E-state index in [9.17, 15) is 4.79 Å². The highest BCUT2D eigenvalue weighted by Crippen LogP contribution is 2.27. The standard InChI is InChI=1S/C12H14ClNO2S/c13-11-4-3-10(17-11)12(15)9-6-14-5-1-2-8(14)7-16-9/h3-4,8-9H,1-2,5-7H2. The number of hydrogen-bond donors (Lipinski definition) is 0. The number of thiophene rings is 1. The summed E-state index contributed by atoms with van der Waals surface area (Å²) in [6, 6.07) is 4.08. The van der Waals surface area contributed by atoms with Gasteiger partial charge >= 0.3 is 0 Å². The molecule has 2 aliphatic rings. The Morgan fingerprint density at radius 2 is 2.41 bits per heavy atom. The number of fused-ring (bicyclic) bond motifs is 1. The molecule has 1 aromatic heterocycles. The van der Waals surface area contributed by atoms with E-state index in [1.165, 1.54) is 24.2 Å². The third kappa shape index (κ3) is 2.27. The zero-order valence-electron chi connectivity index (χ0n) is 9.39. The summed E-state index contributed by atoms with van der Waals surface area (Å²) in [5, 5.41) is 0. The van der Waals surface area contributed by atoms with Crippen molar-refractivity contribution in [3.05, 3.63) is 21.3 Å². The van der Waals surface area contributed by atoms with Crippen LogP contribution in [0.25, 0.3) is 0 Å². The number of ether oxygens (including phenoxy) is 1. The van der Waals surface area contributed by atoms with Crippen LogP contribution < -0.4 is 0 Å². The lowest BCUT2D eigenvalue weighted by atomic mass is 10.1. The largest absolute Gasteiger partial charge is 0.367 e. The molecule has 1 aromatic rings. The Morgan fingerprint density at radius 3 is 3.18 bits per heavy atom. The molecule has 3 nitrogen and oxygen atoms in total. The van der Waals surface area contributed by atoms with Gasteiger partial charge in [-0.1, -0.05) is 11.6 Å². The highest BCUT2D eigenvalue weighted by molar-refractivity contribution is 7.18. The number of morpholine rings is 1. The summed E-state index contributed by atoms with van der Waals surface area (Å²) in [6.45, 7) is 2.53. The van der Waals surface area contributed by atoms with Gasteiger partial charge in [-0.05, 0) is 31.5 Å². The van der Waals surface area contributed by atoms with E-state index in [4.69, 9.17) is 16.3 Å². The molecule has 17 heavy (non-hydrogen) atoms. The van der Waals surface area contributed by atoms with Gasteiger partial charge in [-0.15, -0.1) is 11.3 Å². The van der Waals surface area contributed by atoms with Crippen molar-refractivity contribution in [2.75, 3.05) is 19.7 Å². The molecule has 2 saturated heterocycles. The first-order chi connectivity index (χ1) is 8.24. The lowest BCUT2D eigenvalue weighted by Gasteiger charge is -2.34. The van der Waals surface area contributed by atoms with E-state index in [1.54, 1.807) is 12.1 Å². The second kappa shape index (κ2) is 4.69. The number of carbonyl (C=O) groups is 1. The fourth-order valence-corrected chi connectivity index (χ4v) is 3.61. The first kappa shape index (κ1) is 11.7. The van der Waals surface area contributed by atoms with Crippen LogP contribution in [0.3, 0.4) is 0 Å². The van der Waals surface area contributed by atoms with Crippen molar-refractivity contribution < 1.29 is 9.53 Å². The van der Waals surface area contributed by atoms with Crippen LogP contribution in [0, 0.1) is 0 Å². The maximum Gasteiger partial charge on any atom is 0.202 e. The molecule has 3 heterocycles. The van der Waals surface area contributed by atoms with Gasteiger partial charge < -0.3 is 4.74 Å². The molecule has 0 N–H and O–H groups in total. The Kier molecular flexibility index (Phi) is 3.21. The van der Waals surface area contributed by atoms with Crippen LogP contribution in [-0.2, 0) is 4.74 Å². The molecule has 0 spiro atoms. The summed E-state index contributed by atoms with van der Waals surface area (Å²) >= 11 is 7.18. The fraction of sp³-hybridized carbons (Fsp3) is 0.583. The van der Waals surface area contributed by atoms with Gasteiger partial charge in [0.25, 0.3) is 0 Å². The van der Waals surface area contributed by atoms with Gasteiger partial charge in [0.15, 0.2) is 0 Å². The highest BCUT2D eigenvalue weighted by atomic mass is 35.5. The van der Waals surface area contributed by atoms with Crippen LogP contribution in [0.4, 0.5) is 0 Å². The van der Waals surface area contributed by atoms with Gasteiger partial charge in [0.1, 0.15) is 6.10 Å². The zero-order valence-corrected chi connectivity index (χ0v) is 11.0. The first-order valence-electron chi connectivity index (χ1n) is 5.89. The molecule has 0 saturated carbocycles. The summed E-state index contributed by atoms with van der Waals surface area (Å²) in [4.78, 5) is 15.3. The summed E-state index contributed by atoms with van der Waals surface area (Å²) in [5.74, 6) is 0.0762. The van der Waals surface area contributed by atoms with E-state index in [0.717, 1.165) is 13.1 Å². The molecular weight excluding hydrogens is 258 g/mol. The summed E-state index contributed by atoms with van der Waals surface area (Å²) in [5.41, 5.74) is 0. The van der Waals surface area contributed by atoms with Crippen LogP contribution >= 0.6 is 22.9 Å². The third-order valence-corrected chi connectivity index (χ3v) is 4.74. The topological polar surface area (TPSA) is 29.5 Å². The second-order valence-electron chi connectivity index (χ2n) is 4.58. The molecule has 92 valence electrons. The van der Waals surface area contributed by atoms with Gasteiger partial charge in [0.05, 0.1) is 15.8 Å². The van der Waals surface area contributed by atoms with Gasteiger partial charge in [0, 0.05) is 12.6 Å². The first-order valence-corrected chi connectivity index (χ1v) is 7.08. The SMILES string of the molecule is O=C(c1ccc(Cl)s1)C1CN2CCCC2CO1. The number of carbonyl (C=O) groups excluding carboxylic acids is 1. The zero-order chi connectivity index (χ0) is 11.8. The van der Waals surface area contributed by atoms with E-state index >= 15 is 0 Å². The predicted molar refractivity (Wildman–Crippen MR) is 68.0 cm³/mol. The minimum Gasteiger partial charge on any atom is -0.367 e. The Hall–Kier alpha value is -0.420. The Labute approximate surface area is 109 Å². The van der Waals surface area contributed by atoms with Crippen molar-refractivity contribution in [3.8, 4) is 0 Å². The van der Waals surface area contributed by atoms with E-state index in [1.807, 2.05) is 0 Å². The van der Waals surface area contributed by atoms with Crippen LogP contribution in [0.15, 0.2) is 12.1 Å². The minimum atomic E-state index is -0.306. The predicted octanol–water partition coefficient (Wildman–Crippen LogP) is 2.45. The Balaban J connectivity index is 1.70. The number of ketones is 1. The molecular formula is C12H14ClNO2S. The summed E-state index contributed by atoms with van der Waals surface area (Å²) in [6.07, 6.45) is 2.12. The molecule has 2 unspecified atom stereocenters. The Morgan fingerprint density at radius 1 is 1.53 bits per heavy atom. The molecule has 0 amide bonds. The molecule has 2 atom stereocenters. The van der Waals surface area contributed by atoms with Crippen LogP contribution in [0.1, 0.15) is 22.5 Å². The van der Waals surface area contributed by atoms with E-state index in [-0.39, 0.29) is 11.9 Å². The lowest BCUT2D eigenvalue weighted by Crippen LogP contribution is -2.48. The summed E-state index contributed by atoms with van der Waals surface area (Å²) in [7, 11) is 0. The summed E-state index contributed by atoms with van der Waals surface area (Å²) < 4.78 is 6.35. The molecule has 0 radical (unpaired) electrons. The van der Waals surface area contributed by atoms with E-state index < -0.39 is 0 Å². The van der Waals surface area contributed by atoms with Crippen molar-refractivity contribution in [3.63, 3.8) is 0 Å². The van der Waals surface area contributed by atoms with Crippen LogP contribution in [-0.4, -0.2) is 42.5 Å². The van der Waals surface area contributed by atoms with Crippen molar-refractivity contribution in [1.82, 2.24) is 4.90 Å². The number of hydrogen-bond acceptors (Lipinski definition) is 4. The van der Waals surface area contributed by atoms with Gasteiger partial charge in [-0.3, -0.25) is 9.69 Å². The second-order valence-corrected chi connectivity index (χ2v) is 6.30. The number of halogens is 1. The van der Waals surface area contributed by atoms with E-state index in [2.05, 4.69) is 4.90 Å². The number of Topliss-reactive ketones (excluding diaryl/α,β-unsaturated/α-hetero) is 1. The molecule has 5 heteroatoms. The quantitative estimate of drug-likeness (QED) is 0.774. The number of nitrogens with zero attached hydrogens (tertiary/aromatic N) is 1. The van der Waals surface area contributed by atoms with Crippen molar-refractivity contribution in [1.29, 1.82) is 0 Å². The molecule has 2 fully saturated rings. The number of rotatable bonds is 2. The maximum absolute atomic E-state index is 12.2. The molecule has 2 aliphatic heterocycles. The average molecular weight is 272 g/mol. The van der Waals surface area contributed by atoms with Crippen molar-refractivity contribution >= 4 is 28.7 Å². The van der Waals surface area contributed by atoms with Crippen LogP contribution in [0.5, 0.6) is 0 Å². The maximum atomic E-state index is 12.2. The molecule has 0 aliphatic carbocycles. The van der Waals surface area contributed by atoms with E-state index in [0.29, 0.717) is 21.9 Å². The fourth-order valence-electron chi connectivity index (χ4n) is 2.58. The van der Waals surface area contributed by atoms with Gasteiger partial charge in [-0.25, -0.2) is 0 Å². The van der Waals surface area contributed by atoms with Crippen LogP contribution in [0.2, 0.25) is 4.34 Å². The molecule has 0 aromatic carbocycles. The van der Waals surface area contributed by atoms with Crippen molar-refractivity contribution in [2.24, 2.45) is 0 Å². The van der Waals surface area contributed by atoms with Gasteiger partial charge in [0.2, 0.25) is 5.78 Å². The highest BCUT2D eigenvalue weighted by Gasteiger charge is 2.35.